The molecule has 0 aliphatic heterocycles. The Morgan fingerprint density at radius 2 is 2.10 bits per heavy atom. The van der Waals surface area contributed by atoms with Crippen molar-refractivity contribution < 1.29 is 9.18 Å². The Labute approximate surface area is 124 Å². The maximum Gasteiger partial charge on any atom is 0.261 e. The molecule has 0 unspecified atom stereocenters. The van der Waals surface area contributed by atoms with Crippen LogP contribution in [0.25, 0.3) is 0 Å². The number of nitrogens with zero attached hydrogens (tertiary/aromatic N) is 3. The van der Waals surface area contributed by atoms with Crippen LogP contribution in [0, 0.1) is 5.82 Å². The minimum Gasteiger partial charge on any atom is -0.289 e. The third kappa shape index (κ3) is 3.04. The van der Waals surface area contributed by atoms with Crippen LogP contribution in [0.3, 0.4) is 0 Å². The van der Waals surface area contributed by atoms with E-state index in [1.807, 2.05) is 20.8 Å². The van der Waals surface area contributed by atoms with E-state index in [0.717, 1.165) is 0 Å². The molecular weight excluding hydrogens is 327 g/mol. The monoisotopic (exact) mass is 340 g/mol. The number of hydrogen-bond acceptors (Lipinski definition) is 3. The number of aromatic nitrogens is 3. The van der Waals surface area contributed by atoms with Crippen molar-refractivity contribution >= 4 is 27.8 Å². The maximum atomic E-state index is 13.8. The van der Waals surface area contributed by atoms with Gasteiger partial charge in [-0.3, -0.25) is 10.1 Å². The number of anilines is 1. The number of benzene rings is 1. The van der Waals surface area contributed by atoms with Crippen molar-refractivity contribution in [2.75, 3.05) is 5.32 Å². The Hall–Kier alpha value is -1.76. The summed E-state index contributed by atoms with van der Waals surface area (Å²) >= 11 is 3.04. The molecule has 1 aromatic carbocycles. The predicted octanol–water partition coefficient (Wildman–Crippen LogP) is 3.19. The predicted molar refractivity (Wildman–Crippen MR) is 77.1 cm³/mol. The van der Waals surface area contributed by atoms with Crippen LogP contribution >= 0.6 is 15.9 Å². The molecule has 1 heterocycles. The molecule has 2 aromatic rings. The molecule has 1 amide bonds. The van der Waals surface area contributed by atoms with E-state index >= 15 is 0 Å². The van der Waals surface area contributed by atoms with Gasteiger partial charge in [-0.05, 0) is 48.8 Å². The highest BCUT2D eigenvalue weighted by Crippen LogP contribution is 2.19. The second kappa shape index (κ2) is 5.32. The normalized spacial score (nSPS) is 11.4. The van der Waals surface area contributed by atoms with Crippen molar-refractivity contribution in [1.82, 2.24) is 14.8 Å². The highest BCUT2D eigenvalue weighted by Gasteiger charge is 2.18. The average Bonchev–Trinajstić information content (AvgIpc) is 2.81. The van der Waals surface area contributed by atoms with Crippen molar-refractivity contribution in [2.45, 2.75) is 26.3 Å². The molecule has 0 aliphatic carbocycles. The standard InChI is InChI=1S/C13H14BrFN4O/c1-13(2,3)19-7-16-12(18-19)17-11(20)8-5-4-6-9(14)10(8)15/h4-7H,1-3H3,(H,17,18,20). The third-order valence-corrected chi connectivity index (χ3v) is 3.21. The van der Waals surface area contributed by atoms with Crippen LogP contribution in [0.5, 0.6) is 0 Å². The van der Waals surface area contributed by atoms with Gasteiger partial charge in [-0.2, -0.15) is 0 Å². The number of carbonyl (C=O) groups excluding carboxylic acids is 1. The topological polar surface area (TPSA) is 59.8 Å². The first kappa shape index (κ1) is 14.6. The lowest BCUT2D eigenvalue weighted by molar-refractivity contribution is 0.102. The summed E-state index contributed by atoms with van der Waals surface area (Å²) in [6.07, 6.45) is 1.52. The van der Waals surface area contributed by atoms with Gasteiger partial charge >= 0.3 is 0 Å². The van der Waals surface area contributed by atoms with Crippen LogP contribution in [-0.2, 0) is 5.54 Å². The summed E-state index contributed by atoms with van der Waals surface area (Å²) in [5.74, 6) is -1.06. The van der Waals surface area contributed by atoms with Gasteiger partial charge in [-0.15, -0.1) is 5.10 Å². The zero-order valence-electron chi connectivity index (χ0n) is 11.3. The highest BCUT2D eigenvalue weighted by atomic mass is 79.9. The van der Waals surface area contributed by atoms with Gasteiger partial charge in [0.2, 0.25) is 5.95 Å². The van der Waals surface area contributed by atoms with Gasteiger partial charge in [0.25, 0.3) is 5.91 Å². The first-order chi connectivity index (χ1) is 9.29. The van der Waals surface area contributed by atoms with Crippen LogP contribution in [-0.4, -0.2) is 20.7 Å². The van der Waals surface area contributed by atoms with Crippen molar-refractivity contribution in [2.24, 2.45) is 0 Å². The molecule has 2 rings (SSSR count). The minimum absolute atomic E-state index is 0.0634. The van der Waals surface area contributed by atoms with Crippen LogP contribution < -0.4 is 5.32 Å². The Morgan fingerprint density at radius 1 is 1.40 bits per heavy atom. The van der Waals surface area contributed by atoms with Crippen LogP contribution in [0.2, 0.25) is 0 Å². The number of halogens is 2. The lowest BCUT2D eigenvalue weighted by Crippen LogP contribution is -2.22. The number of hydrogen-bond donors (Lipinski definition) is 1. The number of nitrogens with one attached hydrogen (secondary N) is 1. The minimum atomic E-state index is -0.611. The van der Waals surface area contributed by atoms with E-state index < -0.39 is 11.7 Å². The summed E-state index contributed by atoms with van der Waals surface area (Å²) < 4.78 is 15.7. The SMILES string of the molecule is CC(C)(C)n1cnc(NC(=O)c2cccc(Br)c2F)n1. The van der Waals surface area contributed by atoms with Gasteiger partial charge in [-0.1, -0.05) is 6.07 Å². The van der Waals surface area contributed by atoms with E-state index in [9.17, 15) is 9.18 Å². The molecule has 0 atom stereocenters. The first-order valence-electron chi connectivity index (χ1n) is 5.96. The third-order valence-electron chi connectivity index (χ3n) is 2.60. The summed E-state index contributed by atoms with van der Waals surface area (Å²) in [6, 6.07) is 4.51. The van der Waals surface area contributed by atoms with Gasteiger partial charge in [0.15, 0.2) is 0 Å². The molecule has 1 N–H and O–H groups in total. The Kier molecular flexibility index (Phi) is 3.89. The summed E-state index contributed by atoms with van der Waals surface area (Å²) in [5.41, 5.74) is -0.303. The van der Waals surface area contributed by atoms with E-state index in [-0.39, 0.29) is 21.5 Å². The van der Waals surface area contributed by atoms with E-state index in [0.29, 0.717) is 0 Å². The zero-order chi connectivity index (χ0) is 14.9. The van der Waals surface area contributed by atoms with Gasteiger partial charge < -0.3 is 0 Å². The second-order valence-corrected chi connectivity index (χ2v) is 6.09. The van der Waals surface area contributed by atoms with Gasteiger partial charge in [0.05, 0.1) is 15.6 Å². The van der Waals surface area contributed by atoms with E-state index in [2.05, 4.69) is 31.3 Å². The lowest BCUT2D eigenvalue weighted by atomic mass is 10.1. The summed E-state index contributed by atoms with van der Waals surface area (Å²) in [5, 5.41) is 6.61. The zero-order valence-corrected chi connectivity index (χ0v) is 12.9. The quantitative estimate of drug-likeness (QED) is 0.913. The molecule has 0 spiro atoms. The van der Waals surface area contributed by atoms with E-state index in [1.54, 1.807) is 10.7 Å². The first-order valence-corrected chi connectivity index (χ1v) is 6.76. The van der Waals surface area contributed by atoms with Crippen LogP contribution in [0.15, 0.2) is 29.0 Å². The molecule has 20 heavy (non-hydrogen) atoms. The molecule has 0 saturated carbocycles. The fraction of sp³-hybridized carbons (Fsp3) is 0.308. The van der Waals surface area contributed by atoms with E-state index in [4.69, 9.17) is 0 Å². The van der Waals surface area contributed by atoms with Crippen molar-refractivity contribution in [1.29, 1.82) is 0 Å². The molecule has 0 aliphatic rings. The highest BCUT2D eigenvalue weighted by molar-refractivity contribution is 9.10. The Balaban J connectivity index is 2.20. The fourth-order valence-corrected chi connectivity index (χ4v) is 1.86. The maximum absolute atomic E-state index is 13.8. The van der Waals surface area contributed by atoms with Gasteiger partial charge in [-0.25, -0.2) is 14.1 Å². The number of amides is 1. The average molecular weight is 341 g/mol. The molecule has 106 valence electrons. The van der Waals surface area contributed by atoms with E-state index in [1.165, 1.54) is 18.5 Å². The van der Waals surface area contributed by atoms with Crippen molar-refractivity contribution in [3.63, 3.8) is 0 Å². The number of carbonyl (C=O) groups is 1. The molecule has 1 aromatic heterocycles. The summed E-state index contributed by atoms with van der Waals surface area (Å²) in [4.78, 5) is 16.0. The second-order valence-electron chi connectivity index (χ2n) is 5.24. The molecule has 5 nitrogen and oxygen atoms in total. The van der Waals surface area contributed by atoms with Gasteiger partial charge in [0, 0.05) is 0 Å². The summed E-state index contributed by atoms with van der Waals surface area (Å²) in [6.45, 7) is 5.88. The Morgan fingerprint density at radius 3 is 2.70 bits per heavy atom. The lowest BCUT2D eigenvalue weighted by Gasteiger charge is -2.17. The van der Waals surface area contributed by atoms with Gasteiger partial charge in [0.1, 0.15) is 12.1 Å². The molecule has 0 fully saturated rings. The van der Waals surface area contributed by atoms with Crippen LogP contribution in [0.4, 0.5) is 10.3 Å². The van der Waals surface area contributed by atoms with Crippen molar-refractivity contribution in [3.8, 4) is 0 Å². The smallest absolute Gasteiger partial charge is 0.261 e. The largest absolute Gasteiger partial charge is 0.289 e. The fourth-order valence-electron chi connectivity index (χ4n) is 1.49. The molecule has 0 radical (unpaired) electrons. The van der Waals surface area contributed by atoms with Crippen LogP contribution in [0.1, 0.15) is 31.1 Å². The molecular formula is C13H14BrFN4O. The molecule has 0 saturated heterocycles. The summed E-state index contributed by atoms with van der Waals surface area (Å²) in [7, 11) is 0. The molecule has 7 heteroatoms. The van der Waals surface area contributed by atoms with Crippen molar-refractivity contribution in [3.05, 3.63) is 40.4 Å². The Bertz CT molecular complexity index is 648. The number of rotatable bonds is 2. The molecule has 0 bridgehead atoms.